The van der Waals surface area contributed by atoms with Crippen LogP contribution in [0.5, 0.6) is 0 Å². The Bertz CT molecular complexity index is 759. The highest BCUT2D eigenvalue weighted by molar-refractivity contribution is 5.66. The van der Waals surface area contributed by atoms with Gasteiger partial charge in [-0.1, -0.05) is 29.4 Å². The Kier molecular flexibility index (Phi) is 2.68. The van der Waals surface area contributed by atoms with Crippen molar-refractivity contribution < 1.29 is 4.52 Å². The minimum atomic E-state index is -0.217. The van der Waals surface area contributed by atoms with E-state index in [2.05, 4.69) is 20.3 Å². The average Bonchev–Trinajstić information content (AvgIpc) is 2.86. The molecule has 19 heavy (non-hydrogen) atoms. The summed E-state index contributed by atoms with van der Waals surface area (Å²) in [6, 6.07) is 9.04. The molecule has 2 aromatic heterocycles. The average molecular weight is 254 g/mol. The van der Waals surface area contributed by atoms with Gasteiger partial charge in [0.05, 0.1) is 0 Å². The maximum absolute atomic E-state index is 11.6. The summed E-state index contributed by atoms with van der Waals surface area (Å²) in [5.74, 6) is 1.05. The zero-order valence-corrected chi connectivity index (χ0v) is 10.1. The second kappa shape index (κ2) is 4.49. The molecule has 0 atom stereocenters. The topological polar surface area (TPSA) is 84.7 Å². The molecule has 3 rings (SSSR count). The molecule has 3 aromatic rings. The van der Waals surface area contributed by atoms with E-state index in [1.54, 1.807) is 19.2 Å². The smallest absolute Gasteiger partial charge is 0.272 e. The standard InChI is InChI=1S/C13H10N4O2/c1-8-15-12(17-19-8)10-4-2-9(3-5-10)11-6-7-14-16-13(11)18/h2-7H,1H3,(H,16,18). The van der Waals surface area contributed by atoms with Crippen molar-refractivity contribution in [1.82, 2.24) is 20.3 Å². The molecule has 6 nitrogen and oxygen atoms in total. The van der Waals surface area contributed by atoms with E-state index in [0.29, 0.717) is 17.3 Å². The van der Waals surface area contributed by atoms with Crippen molar-refractivity contribution in [2.24, 2.45) is 0 Å². The lowest BCUT2D eigenvalue weighted by Gasteiger charge is -2.00. The van der Waals surface area contributed by atoms with Crippen molar-refractivity contribution in [3.63, 3.8) is 0 Å². The quantitative estimate of drug-likeness (QED) is 0.753. The molecule has 0 bridgehead atoms. The number of aromatic nitrogens is 4. The summed E-state index contributed by atoms with van der Waals surface area (Å²) in [6.45, 7) is 1.74. The number of nitrogens with zero attached hydrogens (tertiary/aromatic N) is 3. The molecule has 0 saturated heterocycles. The maximum Gasteiger partial charge on any atom is 0.272 e. The van der Waals surface area contributed by atoms with Gasteiger partial charge in [-0.15, -0.1) is 0 Å². The monoisotopic (exact) mass is 254 g/mol. The molecule has 2 heterocycles. The maximum atomic E-state index is 11.6. The molecule has 0 radical (unpaired) electrons. The third-order valence-corrected chi connectivity index (χ3v) is 2.71. The third kappa shape index (κ3) is 2.15. The fourth-order valence-corrected chi connectivity index (χ4v) is 1.79. The van der Waals surface area contributed by atoms with Crippen molar-refractivity contribution in [2.75, 3.05) is 0 Å². The van der Waals surface area contributed by atoms with Gasteiger partial charge < -0.3 is 4.52 Å². The van der Waals surface area contributed by atoms with Crippen molar-refractivity contribution in [3.8, 4) is 22.5 Å². The van der Waals surface area contributed by atoms with Crippen LogP contribution in [0.25, 0.3) is 22.5 Å². The lowest BCUT2D eigenvalue weighted by molar-refractivity contribution is 0.394. The first kappa shape index (κ1) is 11.3. The molecule has 0 unspecified atom stereocenters. The van der Waals surface area contributed by atoms with Crippen LogP contribution in [0.1, 0.15) is 5.89 Å². The van der Waals surface area contributed by atoms with Crippen LogP contribution in [0.15, 0.2) is 45.8 Å². The van der Waals surface area contributed by atoms with E-state index in [1.165, 1.54) is 0 Å². The molecule has 94 valence electrons. The van der Waals surface area contributed by atoms with Gasteiger partial charge in [0.25, 0.3) is 5.56 Å². The first-order valence-electron chi connectivity index (χ1n) is 5.69. The van der Waals surface area contributed by atoms with Gasteiger partial charge in [-0.2, -0.15) is 10.1 Å². The highest BCUT2D eigenvalue weighted by Crippen LogP contribution is 2.20. The van der Waals surface area contributed by atoms with Gasteiger partial charge in [0.15, 0.2) is 0 Å². The predicted molar refractivity (Wildman–Crippen MR) is 68.3 cm³/mol. The minimum absolute atomic E-state index is 0.217. The zero-order chi connectivity index (χ0) is 13.2. The van der Waals surface area contributed by atoms with E-state index in [1.807, 2.05) is 24.3 Å². The van der Waals surface area contributed by atoms with Crippen LogP contribution in [0.4, 0.5) is 0 Å². The largest absolute Gasteiger partial charge is 0.339 e. The van der Waals surface area contributed by atoms with Crippen LogP contribution in [0.3, 0.4) is 0 Å². The van der Waals surface area contributed by atoms with E-state index in [-0.39, 0.29) is 5.56 Å². The molecule has 6 heteroatoms. The molecule has 0 aliphatic heterocycles. The first-order chi connectivity index (χ1) is 9.24. The molecule has 0 amide bonds. The number of rotatable bonds is 2. The molecule has 0 fully saturated rings. The molecular formula is C13H10N4O2. The van der Waals surface area contributed by atoms with E-state index in [9.17, 15) is 4.79 Å². The van der Waals surface area contributed by atoms with Crippen molar-refractivity contribution in [3.05, 3.63) is 52.8 Å². The number of benzene rings is 1. The number of aryl methyl sites for hydroxylation is 1. The number of nitrogens with one attached hydrogen (secondary N) is 1. The molecule has 0 aliphatic carbocycles. The van der Waals surface area contributed by atoms with E-state index in [0.717, 1.165) is 11.1 Å². The molecular weight excluding hydrogens is 244 g/mol. The van der Waals surface area contributed by atoms with Gasteiger partial charge in [0, 0.05) is 24.2 Å². The van der Waals surface area contributed by atoms with Crippen LogP contribution in [0.2, 0.25) is 0 Å². The van der Waals surface area contributed by atoms with Crippen LogP contribution in [-0.4, -0.2) is 20.3 Å². The lowest BCUT2D eigenvalue weighted by atomic mass is 10.1. The Morgan fingerprint density at radius 3 is 2.47 bits per heavy atom. The van der Waals surface area contributed by atoms with Crippen molar-refractivity contribution in [1.29, 1.82) is 0 Å². The minimum Gasteiger partial charge on any atom is -0.339 e. The normalized spacial score (nSPS) is 10.6. The first-order valence-corrected chi connectivity index (χ1v) is 5.69. The van der Waals surface area contributed by atoms with Gasteiger partial charge in [-0.25, -0.2) is 5.10 Å². The molecule has 0 spiro atoms. The highest BCUT2D eigenvalue weighted by Gasteiger charge is 2.07. The Labute approximate surface area is 108 Å². The second-order valence-electron chi connectivity index (χ2n) is 4.01. The van der Waals surface area contributed by atoms with Crippen molar-refractivity contribution in [2.45, 2.75) is 6.92 Å². The van der Waals surface area contributed by atoms with E-state index < -0.39 is 0 Å². The van der Waals surface area contributed by atoms with Crippen LogP contribution in [0, 0.1) is 6.92 Å². The summed E-state index contributed by atoms with van der Waals surface area (Å²) < 4.78 is 4.93. The Balaban J connectivity index is 2.00. The lowest BCUT2D eigenvalue weighted by Crippen LogP contribution is -2.09. The zero-order valence-electron chi connectivity index (χ0n) is 10.1. The molecule has 0 saturated carbocycles. The van der Waals surface area contributed by atoms with Crippen LogP contribution in [-0.2, 0) is 0 Å². The molecule has 1 N–H and O–H groups in total. The SMILES string of the molecule is Cc1nc(-c2ccc(-c3ccn[nH]c3=O)cc2)no1. The number of hydrogen-bond acceptors (Lipinski definition) is 5. The summed E-state index contributed by atoms with van der Waals surface area (Å²) in [4.78, 5) is 15.8. The molecule has 0 aliphatic rings. The fourth-order valence-electron chi connectivity index (χ4n) is 1.79. The van der Waals surface area contributed by atoms with E-state index >= 15 is 0 Å². The third-order valence-electron chi connectivity index (χ3n) is 2.71. The Hall–Kier alpha value is -2.76. The number of aromatic amines is 1. The highest BCUT2D eigenvalue weighted by atomic mass is 16.5. The van der Waals surface area contributed by atoms with Gasteiger partial charge in [0.2, 0.25) is 11.7 Å². The molecule has 1 aromatic carbocycles. The Morgan fingerprint density at radius 1 is 1.11 bits per heavy atom. The van der Waals surface area contributed by atoms with Crippen LogP contribution < -0.4 is 5.56 Å². The fraction of sp³-hybridized carbons (Fsp3) is 0.0769. The van der Waals surface area contributed by atoms with Gasteiger partial charge in [0.1, 0.15) is 0 Å². The summed E-state index contributed by atoms with van der Waals surface area (Å²) in [5.41, 5.74) is 2.01. The van der Waals surface area contributed by atoms with Crippen molar-refractivity contribution >= 4 is 0 Å². The summed E-state index contributed by atoms with van der Waals surface area (Å²) in [6.07, 6.45) is 1.55. The van der Waals surface area contributed by atoms with E-state index in [4.69, 9.17) is 4.52 Å². The van der Waals surface area contributed by atoms with Gasteiger partial charge >= 0.3 is 0 Å². The second-order valence-corrected chi connectivity index (χ2v) is 4.01. The summed E-state index contributed by atoms with van der Waals surface area (Å²) in [7, 11) is 0. The van der Waals surface area contributed by atoms with Gasteiger partial charge in [-0.05, 0) is 11.6 Å². The van der Waals surface area contributed by atoms with Gasteiger partial charge in [-0.3, -0.25) is 4.79 Å². The van der Waals surface area contributed by atoms with Crippen LogP contribution >= 0.6 is 0 Å². The summed E-state index contributed by atoms with van der Waals surface area (Å²) in [5, 5.41) is 9.91. The predicted octanol–water partition coefficient (Wildman–Crippen LogP) is 1.80. The Morgan fingerprint density at radius 2 is 1.84 bits per heavy atom. The summed E-state index contributed by atoms with van der Waals surface area (Å²) >= 11 is 0. The number of hydrogen-bond donors (Lipinski definition) is 1. The number of H-pyrrole nitrogens is 1.